The smallest absolute Gasteiger partial charge is 0.214 e. The summed E-state index contributed by atoms with van der Waals surface area (Å²) in [4.78, 5) is 37.3. The number of benzene rings is 3. The van der Waals surface area contributed by atoms with E-state index >= 15 is 0 Å². The zero-order valence-electron chi connectivity index (χ0n) is 31.5. The second-order valence-corrected chi connectivity index (χ2v) is 12.8. The normalized spacial score (nSPS) is 11.2. The van der Waals surface area contributed by atoms with Crippen LogP contribution < -0.4 is 14.2 Å². The number of aromatic nitrogens is 6. The molecule has 0 saturated carbocycles. The number of nitriles is 6. The van der Waals surface area contributed by atoms with Crippen molar-refractivity contribution in [2.24, 2.45) is 0 Å². The topological polar surface area (TPSA) is 265 Å². The molecule has 0 amide bonds. The van der Waals surface area contributed by atoms with Crippen LogP contribution in [-0.4, -0.2) is 57.0 Å². The summed E-state index contributed by atoms with van der Waals surface area (Å²) in [6.07, 6.45) is 1.18. The molecule has 0 bridgehead atoms. The Balaban J connectivity index is 0.000000135. The lowest BCUT2D eigenvalue weighted by Crippen LogP contribution is -2.04. The average molecular weight is 773 g/mol. The molecule has 9 rings (SSSR count). The molecule has 0 unspecified atom stereocenters. The number of rotatable bonds is 3. The molecule has 0 aliphatic heterocycles. The summed E-state index contributed by atoms with van der Waals surface area (Å²) in [7, 11) is 4.68. The van der Waals surface area contributed by atoms with Gasteiger partial charge in [0.15, 0.2) is 34.2 Å². The highest BCUT2D eigenvalue weighted by molar-refractivity contribution is 6.20. The molecule has 3 heterocycles. The predicted octanol–water partition coefficient (Wildman–Crippen LogP) is 5.35. The number of hydrogen-bond acceptors (Lipinski definition) is 16. The molecule has 3 aliphatic carbocycles. The second kappa shape index (κ2) is 15.6. The highest BCUT2D eigenvalue weighted by atomic mass is 16.5. The van der Waals surface area contributed by atoms with E-state index in [1.807, 2.05) is 61.5 Å². The lowest BCUT2D eigenvalue weighted by atomic mass is 10.1. The van der Waals surface area contributed by atoms with Gasteiger partial charge >= 0.3 is 0 Å². The third-order valence-electron chi connectivity index (χ3n) is 9.54. The van der Waals surface area contributed by atoms with E-state index in [1.165, 1.54) is 7.11 Å². The SMILES string of the molecule is COc1ccc(OC)c2c1Cc1nc(C#N)c(C#N)nc1-2.COc1ccc2c(c1)-c1nc(C#N)c(C#N)nc1C2=O.Cc1ccc2c(c1)-c1nc(C#N)c(C#N)nc1C2. The van der Waals surface area contributed by atoms with Gasteiger partial charge in [0.05, 0.1) is 49.7 Å². The van der Waals surface area contributed by atoms with Crippen molar-refractivity contribution in [3.05, 3.63) is 122 Å². The highest BCUT2D eigenvalue weighted by Crippen LogP contribution is 2.45. The Hall–Kier alpha value is -9.09. The molecule has 59 heavy (non-hydrogen) atoms. The van der Waals surface area contributed by atoms with Crippen LogP contribution in [0.2, 0.25) is 0 Å². The van der Waals surface area contributed by atoms with Crippen LogP contribution in [0.1, 0.15) is 78.3 Å². The summed E-state index contributed by atoms with van der Waals surface area (Å²) in [6.45, 7) is 2.01. The van der Waals surface area contributed by atoms with Gasteiger partial charge in [-0.2, -0.15) is 31.6 Å². The molecule has 3 aromatic heterocycles. The molecule has 0 N–H and O–H groups in total. The number of nitrogens with zero attached hydrogens (tertiary/aromatic N) is 12. The molecule has 0 fully saturated rings. The van der Waals surface area contributed by atoms with E-state index in [-0.39, 0.29) is 45.6 Å². The summed E-state index contributed by atoms with van der Waals surface area (Å²) in [5.74, 6) is 1.63. The van der Waals surface area contributed by atoms with E-state index < -0.39 is 0 Å². The third kappa shape index (κ3) is 6.58. The maximum Gasteiger partial charge on any atom is 0.214 e. The zero-order chi connectivity index (χ0) is 42.0. The molecule has 6 aromatic rings. The van der Waals surface area contributed by atoms with Crippen molar-refractivity contribution >= 4 is 5.78 Å². The Morgan fingerprint density at radius 1 is 0.508 bits per heavy atom. The van der Waals surface area contributed by atoms with Gasteiger partial charge < -0.3 is 14.2 Å². The van der Waals surface area contributed by atoms with Crippen molar-refractivity contribution < 1.29 is 19.0 Å². The monoisotopic (exact) mass is 772 g/mol. The standard InChI is InChI=1S/C15H10N4O2.C14H6N4O2.C14H8N4/c1-20-12-3-4-13(21-2)14-8(12)5-9-15(14)19-11(7-17)10(6-16)18-9;1-20-7-2-3-8-9(4-7)12-13(14(8)19)18-11(6-16)10(5-15)17-12;1-8-2-3-9-5-11-14(10(9)4-8)18-13(7-16)12(6-15)17-11/h3-4H,5H2,1-2H3;2-4H,1H3;2-4H,5H2,1H3. The fourth-order valence-electron chi connectivity index (χ4n) is 6.84. The van der Waals surface area contributed by atoms with Crippen LogP contribution >= 0.6 is 0 Å². The quantitative estimate of drug-likeness (QED) is 0.219. The van der Waals surface area contributed by atoms with Crippen LogP contribution in [0.5, 0.6) is 17.2 Å². The fourth-order valence-corrected chi connectivity index (χ4v) is 6.84. The molecule has 16 heteroatoms. The Morgan fingerprint density at radius 2 is 1.03 bits per heavy atom. The van der Waals surface area contributed by atoms with Gasteiger partial charge in [0.25, 0.3) is 0 Å². The molecule has 0 radical (unpaired) electrons. The first kappa shape index (κ1) is 38.2. The zero-order valence-corrected chi connectivity index (χ0v) is 31.5. The number of ether oxygens (including phenoxy) is 3. The van der Waals surface area contributed by atoms with Crippen molar-refractivity contribution in [2.75, 3.05) is 21.3 Å². The van der Waals surface area contributed by atoms with Gasteiger partial charge in [-0.1, -0.05) is 17.7 Å². The minimum Gasteiger partial charge on any atom is -0.497 e. The fraction of sp³-hybridized carbons (Fsp3) is 0.140. The van der Waals surface area contributed by atoms with Crippen LogP contribution in [0.25, 0.3) is 33.8 Å². The summed E-state index contributed by atoms with van der Waals surface area (Å²) in [6, 6.07) is 25.9. The number of fused-ring (bicyclic) bond motifs is 9. The first-order valence-corrected chi connectivity index (χ1v) is 17.4. The number of ketones is 1. The lowest BCUT2D eigenvalue weighted by molar-refractivity contribution is 0.103. The maximum atomic E-state index is 12.2. The molecule has 16 nitrogen and oxygen atoms in total. The number of aryl methyl sites for hydroxylation is 1. The van der Waals surface area contributed by atoms with E-state index in [1.54, 1.807) is 44.6 Å². The Morgan fingerprint density at radius 3 is 1.61 bits per heavy atom. The molecule has 3 aliphatic rings. The number of carbonyl (C=O) groups is 1. The van der Waals surface area contributed by atoms with E-state index in [9.17, 15) is 4.79 Å². The first-order valence-electron chi connectivity index (χ1n) is 17.4. The molecule has 0 atom stereocenters. The predicted molar refractivity (Wildman–Crippen MR) is 204 cm³/mol. The highest BCUT2D eigenvalue weighted by Gasteiger charge is 2.32. The van der Waals surface area contributed by atoms with E-state index in [4.69, 9.17) is 45.8 Å². The minimum atomic E-state index is -0.300. The molecule has 3 aromatic carbocycles. The second-order valence-electron chi connectivity index (χ2n) is 12.8. The van der Waals surface area contributed by atoms with Crippen LogP contribution in [0, 0.1) is 74.9 Å². The van der Waals surface area contributed by atoms with Gasteiger partial charge in [-0.05, 0) is 48.9 Å². The summed E-state index contributed by atoms with van der Waals surface area (Å²) in [5, 5.41) is 54.0. The number of hydrogen-bond donors (Lipinski definition) is 0. The summed E-state index contributed by atoms with van der Waals surface area (Å²) in [5.41, 5.74) is 9.25. The van der Waals surface area contributed by atoms with Gasteiger partial charge in [-0.3, -0.25) is 4.79 Å². The Bertz CT molecular complexity index is 3080. The largest absolute Gasteiger partial charge is 0.497 e. The van der Waals surface area contributed by atoms with Crippen molar-refractivity contribution in [2.45, 2.75) is 19.8 Å². The average Bonchev–Trinajstić information content (AvgIpc) is 3.92. The molecule has 0 spiro atoms. The summed E-state index contributed by atoms with van der Waals surface area (Å²) >= 11 is 0. The molecular weight excluding hydrogens is 749 g/mol. The summed E-state index contributed by atoms with van der Waals surface area (Å²) < 4.78 is 15.8. The van der Waals surface area contributed by atoms with Crippen molar-refractivity contribution in [3.63, 3.8) is 0 Å². The molecular formula is C43H24N12O4. The van der Waals surface area contributed by atoms with Crippen LogP contribution in [0.15, 0.2) is 48.5 Å². The number of carbonyl (C=O) groups excluding carboxylic acids is 1. The van der Waals surface area contributed by atoms with E-state index in [0.717, 1.165) is 39.2 Å². The van der Waals surface area contributed by atoms with Gasteiger partial charge in [0.1, 0.15) is 65.1 Å². The molecule has 0 saturated heterocycles. The van der Waals surface area contributed by atoms with Crippen LogP contribution in [0.3, 0.4) is 0 Å². The molecule has 280 valence electrons. The maximum absolute atomic E-state index is 12.2. The van der Waals surface area contributed by atoms with Gasteiger partial charge in [-0.15, -0.1) is 0 Å². The van der Waals surface area contributed by atoms with Crippen LogP contribution in [0.4, 0.5) is 0 Å². The lowest BCUT2D eigenvalue weighted by Gasteiger charge is -2.11. The minimum absolute atomic E-state index is 0.0222. The van der Waals surface area contributed by atoms with Crippen molar-refractivity contribution in [1.29, 1.82) is 31.6 Å². The number of methoxy groups -OCH3 is 3. The Kier molecular flexibility index (Phi) is 10.1. The van der Waals surface area contributed by atoms with Gasteiger partial charge in [0.2, 0.25) is 5.78 Å². The Labute approximate surface area is 336 Å². The van der Waals surface area contributed by atoms with E-state index in [2.05, 4.69) is 29.9 Å². The van der Waals surface area contributed by atoms with Crippen molar-refractivity contribution in [1.82, 2.24) is 29.9 Å². The van der Waals surface area contributed by atoms with E-state index in [0.29, 0.717) is 58.3 Å². The first-order chi connectivity index (χ1) is 28.6. The van der Waals surface area contributed by atoms with Gasteiger partial charge in [0, 0.05) is 35.1 Å². The van der Waals surface area contributed by atoms with Crippen molar-refractivity contribution in [3.8, 4) is 87.4 Å². The van der Waals surface area contributed by atoms with Gasteiger partial charge in [-0.25, -0.2) is 29.9 Å². The third-order valence-corrected chi connectivity index (χ3v) is 9.54. The van der Waals surface area contributed by atoms with Crippen LogP contribution in [-0.2, 0) is 12.8 Å².